The van der Waals surface area contributed by atoms with E-state index < -0.39 is 27.5 Å². The van der Waals surface area contributed by atoms with Gasteiger partial charge in [-0.25, -0.2) is 17.2 Å². The lowest BCUT2D eigenvalue weighted by atomic mass is 10.0. The van der Waals surface area contributed by atoms with Crippen LogP contribution in [0.15, 0.2) is 12.1 Å². The molecule has 1 aromatic carbocycles. The minimum Gasteiger partial charge on any atom is -0.324 e. The molecule has 0 aromatic heterocycles. The van der Waals surface area contributed by atoms with Crippen molar-refractivity contribution in [3.05, 3.63) is 34.9 Å². The number of rotatable bonds is 6. The Morgan fingerprint density at radius 3 is 2.47 bits per heavy atom. The molecule has 0 heterocycles. The van der Waals surface area contributed by atoms with Crippen molar-refractivity contribution >= 4 is 9.84 Å². The summed E-state index contributed by atoms with van der Waals surface area (Å²) in [6.07, 6.45) is 0.717. The van der Waals surface area contributed by atoms with Crippen LogP contribution in [0.5, 0.6) is 0 Å². The molecule has 1 aromatic rings. The second-order valence-electron chi connectivity index (χ2n) is 4.61. The largest absolute Gasteiger partial charge is 0.324 e. The molecule has 3 nitrogen and oxygen atoms in total. The van der Waals surface area contributed by atoms with Gasteiger partial charge in [0.2, 0.25) is 0 Å². The van der Waals surface area contributed by atoms with Gasteiger partial charge in [-0.1, -0.05) is 6.92 Å². The predicted molar refractivity (Wildman–Crippen MR) is 71.6 cm³/mol. The first-order valence-electron chi connectivity index (χ1n) is 6.18. The molecule has 0 bridgehead atoms. The zero-order valence-electron chi connectivity index (χ0n) is 11.1. The van der Waals surface area contributed by atoms with E-state index in [2.05, 4.69) is 0 Å². The fourth-order valence-corrected chi connectivity index (χ4v) is 2.68. The van der Waals surface area contributed by atoms with E-state index in [9.17, 15) is 17.2 Å². The molecule has 0 aliphatic carbocycles. The Hall–Kier alpha value is -1.01. The van der Waals surface area contributed by atoms with E-state index in [-0.39, 0.29) is 17.1 Å². The number of benzene rings is 1. The van der Waals surface area contributed by atoms with Crippen LogP contribution in [0.2, 0.25) is 0 Å². The van der Waals surface area contributed by atoms with E-state index in [1.165, 1.54) is 13.0 Å². The summed E-state index contributed by atoms with van der Waals surface area (Å²) < 4.78 is 49.3. The van der Waals surface area contributed by atoms with Crippen molar-refractivity contribution in [2.45, 2.75) is 32.7 Å². The molecule has 0 spiro atoms. The Labute approximate surface area is 112 Å². The van der Waals surface area contributed by atoms with E-state index in [1.807, 2.05) is 0 Å². The highest BCUT2D eigenvalue weighted by Crippen LogP contribution is 2.22. The quantitative estimate of drug-likeness (QED) is 0.876. The number of aryl methyl sites for hydroxylation is 1. The number of sulfone groups is 1. The van der Waals surface area contributed by atoms with Crippen molar-refractivity contribution in [3.8, 4) is 0 Å². The maximum absolute atomic E-state index is 13.6. The van der Waals surface area contributed by atoms with Crippen LogP contribution in [0.1, 0.15) is 36.9 Å². The maximum Gasteiger partial charge on any atom is 0.150 e. The molecule has 1 unspecified atom stereocenters. The first kappa shape index (κ1) is 16.0. The Kier molecular flexibility index (Phi) is 5.43. The first-order valence-corrected chi connectivity index (χ1v) is 8.00. The normalized spacial score (nSPS) is 13.5. The lowest BCUT2D eigenvalue weighted by Crippen LogP contribution is -2.16. The van der Waals surface area contributed by atoms with Crippen LogP contribution in [0.25, 0.3) is 0 Å². The van der Waals surface area contributed by atoms with Gasteiger partial charge in [0.25, 0.3) is 0 Å². The third-order valence-corrected chi connectivity index (χ3v) is 4.88. The topological polar surface area (TPSA) is 60.2 Å². The van der Waals surface area contributed by atoms with Gasteiger partial charge in [0, 0.05) is 23.4 Å². The summed E-state index contributed by atoms with van der Waals surface area (Å²) in [6.45, 7) is 3.12. The molecule has 1 atom stereocenters. The summed E-state index contributed by atoms with van der Waals surface area (Å²) in [7, 11) is -3.03. The minimum atomic E-state index is -3.03. The summed E-state index contributed by atoms with van der Waals surface area (Å²) in [5.74, 6) is -1.17. The van der Waals surface area contributed by atoms with Gasteiger partial charge in [0.1, 0.15) is 21.5 Å². The van der Waals surface area contributed by atoms with Crippen molar-refractivity contribution in [2.75, 3.05) is 11.5 Å². The van der Waals surface area contributed by atoms with E-state index in [0.717, 1.165) is 6.07 Å². The fourth-order valence-electron chi connectivity index (χ4n) is 1.79. The van der Waals surface area contributed by atoms with E-state index in [0.29, 0.717) is 18.4 Å². The molecule has 1 rings (SSSR count). The molecule has 0 fully saturated rings. The average molecular weight is 291 g/mol. The zero-order valence-corrected chi connectivity index (χ0v) is 11.9. The molecule has 0 saturated carbocycles. The van der Waals surface area contributed by atoms with Crippen molar-refractivity contribution in [1.82, 2.24) is 0 Å². The van der Waals surface area contributed by atoms with Crippen molar-refractivity contribution < 1.29 is 17.2 Å². The van der Waals surface area contributed by atoms with E-state index in [4.69, 9.17) is 5.73 Å². The molecule has 0 saturated heterocycles. The van der Waals surface area contributed by atoms with Gasteiger partial charge in [0.15, 0.2) is 0 Å². The van der Waals surface area contributed by atoms with Gasteiger partial charge in [0.05, 0.1) is 5.75 Å². The van der Waals surface area contributed by atoms with Crippen LogP contribution < -0.4 is 5.73 Å². The summed E-state index contributed by atoms with van der Waals surface area (Å²) in [6, 6.07) is 1.57. The van der Waals surface area contributed by atoms with Crippen molar-refractivity contribution in [1.29, 1.82) is 0 Å². The highest BCUT2D eigenvalue weighted by Gasteiger charge is 2.15. The molecule has 6 heteroatoms. The predicted octanol–water partition coefficient (Wildman–Crippen LogP) is 2.49. The number of hydrogen-bond donors (Lipinski definition) is 1. The van der Waals surface area contributed by atoms with Crippen LogP contribution in [-0.4, -0.2) is 19.9 Å². The zero-order chi connectivity index (χ0) is 14.6. The van der Waals surface area contributed by atoms with Gasteiger partial charge >= 0.3 is 0 Å². The minimum absolute atomic E-state index is 0.0407. The third kappa shape index (κ3) is 4.54. The molecule has 2 N–H and O–H groups in total. The van der Waals surface area contributed by atoms with Crippen LogP contribution in [0.3, 0.4) is 0 Å². The average Bonchev–Trinajstić information content (AvgIpc) is 2.33. The molecule has 0 radical (unpaired) electrons. The standard InChI is InChI=1S/C13H19F2NO2S/c1-3-19(17,18)6-4-5-13(16)10-7-9(2)11(14)8-12(10)15/h7-8,13H,3-6,16H2,1-2H3. The second-order valence-corrected chi connectivity index (χ2v) is 7.08. The second kappa shape index (κ2) is 6.43. The summed E-state index contributed by atoms with van der Waals surface area (Å²) >= 11 is 0. The molecule has 0 aliphatic heterocycles. The summed E-state index contributed by atoms with van der Waals surface area (Å²) in [5, 5.41) is 0. The van der Waals surface area contributed by atoms with Gasteiger partial charge in [-0.05, 0) is 31.4 Å². The lowest BCUT2D eigenvalue weighted by molar-refractivity contribution is 0.536. The molecule has 0 aliphatic rings. The van der Waals surface area contributed by atoms with Gasteiger partial charge in [-0.15, -0.1) is 0 Å². The Bertz CT molecular complexity index is 544. The highest BCUT2D eigenvalue weighted by atomic mass is 32.2. The lowest BCUT2D eigenvalue weighted by Gasteiger charge is -2.14. The van der Waals surface area contributed by atoms with Gasteiger partial charge < -0.3 is 5.73 Å². The number of hydrogen-bond acceptors (Lipinski definition) is 3. The molecule has 0 amide bonds. The van der Waals surface area contributed by atoms with Gasteiger partial charge in [-0.3, -0.25) is 0 Å². The molecule has 19 heavy (non-hydrogen) atoms. The van der Waals surface area contributed by atoms with E-state index in [1.54, 1.807) is 6.92 Å². The summed E-state index contributed by atoms with van der Waals surface area (Å²) in [5.41, 5.74) is 6.38. The Morgan fingerprint density at radius 2 is 1.89 bits per heavy atom. The van der Waals surface area contributed by atoms with Crippen LogP contribution >= 0.6 is 0 Å². The number of nitrogens with two attached hydrogens (primary N) is 1. The molecular formula is C13H19F2NO2S. The fraction of sp³-hybridized carbons (Fsp3) is 0.538. The van der Waals surface area contributed by atoms with Crippen LogP contribution in [0.4, 0.5) is 8.78 Å². The SMILES string of the molecule is CCS(=O)(=O)CCCC(N)c1cc(C)c(F)cc1F. The maximum atomic E-state index is 13.6. The third-order valence-electron chi connectivity index (χ3n) is 3.09. The smallest absolute Gasteiger partial charge is 0.150 e. The molecule has 108 valence electrons. The Balaban J connectivity index is 2.69. The van der Waals surface area contributed by atoms with E-state index >= 15 is 0 Å². The summed E-state index contributed by atoms with van der Waals surface area (Å²) in [4.78, 5) is 0. The van der Waals surface area contributed by atoms with Crippen LogP contribution in [0, 0.1) is 18.6 Å². The monoisotopic (exact) mass is 291 g/mol. The van der Waals surface area contributed by atoms with Crippen molar-refractivity contribution in [3.63, 3.8) is 0 Å². The van der Waals surface area contributed by atoms with Gasteiger partial charge in [-0.2, -0.15) is 0 Å². The molecular weight excluding hydrogens is 272 g/mol. The van der Waals surface area contributed by atoms with Crippen molar-refractivity contribution in [2.24, 2.45) is 5.73 Å². The highest BCUT2D eigenvalue weighted by molar-refractivity contribution is 7.91. The number of halogens is 2. The Morgan fingerprint density at radius 1 is 1.26 bits per heavy atom. The first-order chi connectivity index (χ1) is 8.76. The van der Waals surface area contributed by atoms with Crippen LogP contribution in [-0.2, 0) is 9.84 Å².